The number of carbonyl (C=O) groups excluding carboxylic acids is 1. The highest BCUT2D eigenvalue weighted by Crippen LogP contribution is 2.12. The molecule has 72 valence electrons. The van der Waals surface area contributed by atoms with Crippen molar-refractivity contribution >= 4 is 5.78 Å². The molecule has 2 rings (SSSR count). The maximum Gasteiger partial charge on any atom is 0.201 e. The zero-order valence-corrected chi connectivity index (χ0v) is 7.90. The van der Waals surface area contributed by atoms with Gasteiger partial charge in [0.05, 0.1) is 6.61 Å². The fraction of sp³-hybridized carbons (Fsp3) is 0.250. The molecule has 0 atom stereocenters. The van der Waals surface area contributed by atoms with E-state index < -0.39 is 0 Å². The first kappa shape index (κ1) is 9.00. The highest BCUT2D eigenvalue weighted by atomic mass is 16.5. The number of Topliss-reactive ketones (excluding diaryl/α,β-unsaturated/α-hetero) is 1. The molecule has 0 bridgehead atoms. The molecule has 14 heavy (non-hydrogen) atoms. The van der Waals surface area contributed by atoms with Crippen LogP contribution in [0, 0.1) is 0 Å². The van der Waals surface area contributed by atoms with Gasteiger partial charge >= 0.3 is 0 Å². The summed E-state index contributed by atoms with van der Waals surface area (Å²) in [5, 5.41) is 0. The molecule has 0 spiro atoms. The molecule has 1 heterocycles. The van der Waals surface area contributed by atoms with Crippen molar-refractivity contribution in [3.05, 3.63) is 47.7 Å². The largest absolute Gasteiger partial charge is 0.490 e. The van der Waals surface area contributed by atoms with Gasteiger partial charge in [-0.05, 0) is 11.6 Å². The van der Waals surface area contributed by atoms with E-state index in [-0.39, 0.29) is 5.78 Å². The Morgan fingerprint density at radius 1 is 1.29 bits per heavy atom. The summed E-state index contributed by atoms with van der Waals surface area (Å²) in [5.74, 6) is 0.613. The van der Waals surface area contributed by atoms with Crippen molar-refractivity contribution in [2.45, 2.75) is 12.8 Å². The van der Waals surface area contributed by atoms with Crippen molar-refractivity contribution < 1.29 is 9.53 Å². The standard InChI is InChI=1S/C12H12O2/c13-11(12-7-4-8-14-12)9-10-5-2-1-3-6-10/h1-3,5-7H,4,8-9H2. The minimum Gasteiger partial charge on any atom is -0.490 e. The molecule has 1 aromatic carbocycles. The van der Waals surface area contributed by atoms with E-state index in [9.17, 15) is 4.79 Å². The average molecular weight is 188 g/mol. The number of rotatable bonds is 3. The van der Waals surface area contributed by atoms with Crippen molar-refractivity contribution in [2.75, 3.05) is 6.61 Å². The third kappa shape index (κ3) is 2.02. The molecule has 1 aliphatic heterocycles. The molecule has 1 aliphatic rings. The molecule has 2 nitrogen and oxygen atoms in total. The van der Waals surface area contributed by atoms with Gasteiger partial charge in [-0.1, -0.05) is 30.3 Å². The topological polar surface area (TPSA) is 26.3 Å². The predicted molar refractivity (Wildman–Crippen MR) is 53.8 cm³/mol. The van der Waals surface area contributed by atoms with Gasteiger partial charge in [0.2, 0.25) is 5.78 Å². The highest BCUT2D eigenvalue weighted by molar-refractivity contribution is 5.95. The van der Waals surface area contributed by atoms with E-state index >= 15 is 0 Å². The SMILES string of the molecule is O=C(Cc1ccccc1)C1=CCCO1. The van der Waals surface area contributed by atoms with Crippen LogP contribution in [-0.2, 0) is 16.0 Å². The second-order valence-electron chi connectivity index (χ2n) is 3.29. The molecular formula is C12H12O2. The molecular weight excluding hydrogens is 176 g/mol. The lowest BCUT2D eigenvalue weighted by molar-refractivity contribution is -0.117. The van der Waals surface area contributed by atoms with Crippen LogP contribution in [0.3, 0.4) is 0 Å². The van der Waals surface area contributed by atoms with Gasteiger partial charge in [-0.3, -0.25) is 4.79 Å². The van der Waals surface area contributed by atoms with E-state index in [1.165, 1.54) is 0 Å². The van der Waals surface area contributed by atoms with Crippen molar-refractivity contribution in [1.82, 2.24) is 0 Å². The Hall–Kier alpha value is -1.57. The lowest BCUT2D eigenvalue weighted by Crippen LogP contribution is -2.06. The van der Waals surface area contributed by atoms with Crippen LogP contribution in [0.2, 0.25) is 0 Å². The van der Waals surface area contributed by atoms with Crippen LogP contribution in [-0.4, -0.2) is 12.4 Å². The quantitative estimate of drug-likeness (QED) is 0.726. The molecule has 0 N–H and O–H groups in total. The molecule has 0 aromatic heterocycles. The second kappa shape index (κ2) is 4.09. The van der Waals surface area contributed by atoms with Gasteiger partial charge in [0, 0.05) is 12.8 Å². The number of allylic oxidation sites excluding steroid dienone is 1. The Morgan fingerprint density at radius 2 is 2.07 bits per heavy atom. The van der Waals surface area contributed by atoms with Gasteiger partial charge in [0.25, 0.3) is 0 Å². The summed E-state index contributed by atoms with van der Waals surface area (Å²) in [6.45, 7) is 0.649. The van der Waals surface area contributed by atoms with E-state index in [0.29, 0.717) is 18.8 Å². The van der Waals surface area contributed by atoms with Crippen LogP contribution in [0.4, 0.5) is 0 Å². The molecule has 0 radical (unpaired) electrons. The summed E-state index contributed by atoms with van der Waals surface area (Å²) in [6.07, 6.45) is 3.16. The number of ketones is 1. The van der Waals surface area contributed by atoms with E-state index in [4.69, 9.17) is 4.74 Å². The number of ether oxygens (including phenoxy) is 1. The molecule has 0 amide bonds. The van der Waals surface area contributed by atoms with Crippen LogP contribution in [0.25, 0.3) is 0 Å². The lowest BCUT2D eigenvalue weighted by Gasteiger charge is -2.02. The molecule has 0 fully saturated rings. The Kier molecular flexibility index (Phi) is 2.63. The summed E-state index contributed by atoms with van der Waals surface area (Å²) in [4.78, 5) is 11.6. The molecule has 0 unspecified atom stereocenters. The van der Waals surface area contributed by atoms with Crippen LogP contribution in [0.5, 0.6) is 0 Å². The molecule has 1 aromatic rings. The molecule has 2 heteroatoms. The zero-order valence-electron chi connectivity index (χ0n) is 7.90. The fourth-order valence-electron chi connectivity index (χ4n) is 1.48. The normalized spacial score (nSPS) is 14.7. The minimum atomic E-state index is 0.0775. The summed E-state index contributed by atoms with van der Waals surface area (Å²) in [7, 11) is 0. The van der Waals surface area contributed by atoms with Gasteiger partial charge < -0.3 is 4.74 Å². The minimum absolute atomic E-state index is 0.0775. The van der Waals surface area contributed by atoms with Gasteiger partial charge in [0.1, 0.15) is 0 Å². The van der Waals surface area contributed by atoms with E-state index in [2.05, 4.69) is 0 Å². The van der Waals surface area contributed by atoms with E-state index in [0.717, 1.165) is 12.0 Å². The Labute approximate surface area is 83.2 Å². The maximum atomic E-state index is 11.6. The van der Waals surface area contributed by atoms with Crippen molar-refractivity contribution in [1.29, 1.82) is 0 Å². The first-order valence-corrected chi connectivity index (χ1v) is 4.76. The highest BCUT2D eigenvalue weighted by Gasteiger charge is 2.14. The third-order valence-corrected chi connectivity index (χ3v) is 2.19. The van der Waals surface area contributed by atoms with Crippen LogP contribution in [0.1, 0.15) is 12.0 Å². The first-order valence-electron chi connectivity index (χ1n) is 4.76. The fourth-order valence-corrected chi connectivity index (χ4v) is 1.48. The van der Waals surface area contributed by atoms with E-state index in [1.807, 2.05) is 36.4 Å². The van der Waals surface area contributed by atoms with Crippen molar-refractivity contribution in [2.24, 2.45) is 0 Å². The van der Waals surface area contributed by atoms with Crippen LogP contribution < -0.4 is 0 Å². The van der Waals surface area contributed by atoms with Gasteiger partial charge in [0.15, 0.2) is 5.76 Å². The van der Waals surface area contributed by atoms with Gasteiger partial charge in [-0.25, -0.2) is 0 Å². The number of hydrogen-bond acceptors (Lipinski definition) is 2. The summed E-state index contributed by atoms with van der Waals surface area (Å²) >= 11 is 0. The number of benzene rings is 1. The Morgan fingerprint density at radius 3 is 2.71 bits per heavy atom. The second-order valence-corrected chi connectivity index (χ2v) is 3.29. The molecule has 0 saturated carbocycles. The number of carbonyl (C=O) groups is 1. The Balaban J connectivity index is 2.01. The molecule has 0 aliphatic carbocycles. The predicted octanol–water partition coefficient (Wildman–Crippen LogP) is 2.10. The summed E-state index contributed by atoms with van der Waals surface area (Å²) in [5.41, 5.74) is 1.04. The Bertz CT molecular complexity index is 352. The monoisotopic (exact) mass is 188 g/mol. The average Bonchev–Trinajstić information content (AvgIpc) is 2.72. The lowest BCUT2D eigenvalue weighted by atomic mass is 10.1. The molecule has 0 saturated heterocycles. The maximum absolute atomic E-state index is 11.6. The summed E-state index contributed by atoms with van der Waals surface area (Å²) in [6, 6.07) is 9.72. The van der Waals surface area contributed by atoms with Gasteiger partial charge in [-0.15, -0.1) is 0 Å². The van der Waals surface area contributed by atoms with Crippen molar-refractivity contribution in [3.8, 4) is 0 Å². The van der Waals surface area contributed by atoms with Crippen molar-refractivity contribution in [3.63, 3.8) is 0 Å². The van der Waals surface area contributed by atoms with E-state index in [1.54, 1.807) is 0 Å². The third-order valence-electron chi connectivity index (χ3n) is 2.19. The summed E-state index contributed by atoms with van der Waals surface area (Å²) < 4.78 is 5.20. The first-order chi connectivity index (χ1) is 6.86. The smallest absolute Gasteiger partial charge is 0.201 e. The van der Waals surface area contributed by atoms with Crippen LogP contribution >= 0.6 is 0 Å². The van der Waals surface area contributed by atoms with Crippen LogP contribution in [0.15, 0.2) is 42.2 Å². The van der Waals surface area contributed by atoms with Gasteiger partial charge in [-0.2, -0.15) is 0 Å². The zero-order chi connectivity index (χ0) is 9.80. The number of hydrogen-bond donors (Lipinski definition) is 0.